The second-order valence-electron chi connectivity index (χ2n) is 4.12. The van der Waals surface area contributed by atoms with Crippen molar-refractivity contribution in [1.29, 1.82) is 0 Å². The molecule has 0 fully saturated rings. The molecule has 0 saturated heterocycles. The zero-order chi connectivity index (χ0) is 12.4. The Bertz CT molecular complexity index is 343. The molecule has 0 saturated carbocycles. The molecule has 0 aromatic heterocycles. The van der Waals surface area contributed by atoms with Gasteiger partial charge >= 0.3 is 6.18 Å². The van der Waals surface area contributed by atoms with Gasteiger partial charge < -0.3 is 4.74 Å². The van der Waals surface area contributed by atoms with Crippen LogP contribution in [0.3, 0.4) is 0 Å². The summed E-state index contributed by atoms with van der Waals surface area (Å²) < 4.78 is 43.5. The highest BCUT2D eigenvalue weighted by Gasteiger charge is 2.47. The van der Waals surface area contributed by atoms with Crippen molar-refractivity contribution in [1.82, 2.24) is 0 Å². The molecule has 0 amide bonds. The summed E-state index contributed by atoms with van der Waals surface area (Å²) in [7, 11) is 0. The van der Waals surface area contributed by atoms with Crippen molar-refractivity contribution in [3.05, 3.63) is 28.7 Å². The highest BCUT2D eigenvalue weighted by Crippen LogP contribution is 2.37. The molecule has 1 aromatic rings. The maximum atomic E-state index is 12.5. The van der Waals surface area contributed by atoms with Gasteiger partial charge in [0, 0.05) is 4.47 Å². The van der Waals surface area contributed by atoms with Gasteiger partial charge in [0.25, 0.3) is 0 Å². The highest BCUT2D eigenvalue weighted by molar-refractivity contribution is 9.10. The first kappa shape index (κ1) is 13.4. The molecule has 0 bridgehead atoms. The van der Waals surface area contributed by atoms with Crippen LogP contribution in [0.4, 0.5) is 13.2 Å². The van der Waals surface area contributed by atoms with Gasteiger partial charge in [-0.2, -0.15) is 13.2 Å². The first-order valence-electron chi connectivity index (χ1n) is 4.67. The van der Waals surface area contributed by atoms with E-state index < -0.39 is 18.2 Å². The van der Waals surface area contributed by atoms with Gasteiger partial charge in [-0.15, -0.1) is 0 Å². The van der Waals surface area contributed by atoms with Crippen molar-refractivity contribution in [3.8, 4) is 5.75 Å². The van der Waals surface area contributed by atoms with Crippen LogP contribution in [0.15, 0.2) is 28.7 Å². The molecule has 0 aliphatic heterocycles. The zero-order valence-corrected chi connectivity index (χ0v) is 10.5. The van der Waals surface area contributed by atoms with Gasteiger partial charge in [0.05, 0.1) is 5.41 Å². The van der Waals surface area contributed by atoms with E-state index in [2.05, 4.69) is 15.9 Å². The van der Waals surface area contributed by atoms with E-state index in [4.69, 9.17) is 4.74 Å². The number of ether oxygens (including phenoxy) is 1. The topological polar surface area (TPSA) is 9.23 Å². The van der Waals surface area contributed by atoms with Crippen molar-refractivity contribution in [2.75, 3.05) is 6.61 Å². The normalized spacial score (nSPS) is 12.6. The molecule has 0 radical (unpaired) electrons. The lowest BCUT2D eigenvalue weighted by Gasteiger charge is -2.27. The Hall–Kier alpha value is -0.710. The van der Waals surface area contributed by atoms with Crippen LogP contribution in [-0.2, 0) is 0 Å². The van der Waals surface area contributed by atoms with Crippen LogP contribution in [-0.4, -0.2) is 12.8 Å². The third-order valence-corrected chi connectivity index (χ3v) is 2.71. The van der Waals surface area contributed by atoms with E-state index in [9.17, 15) is 13.2 Å². The van der Waals surface area contributed by atoms with E-state index in [1.54, 1.807) is 24.3 Å². The molecule has 1 rings (SSSR count). The molecule has 5 heteroatoms. The average molecular weight is 297 g/mol. The van der Waals surface area contributed by atoms with Crippen molar-refractivity contribution >= 4 is 15.9 Å². The number of hydrogen-bond donors (Lipinski definition) is 0. The van der Waals surface area contributed by atoms with Crippen LogP contribution < -0.4 is 4.74 Å². The average Bonchev–Trinajstić information content (AvgIpc) is 2.15. The molecule has 16 heavy (non-hydrogen) atoms. The molecule has 0 spiro atoms. The van der Waals surface area contributed by atoms with Gasteiger partial charge in [0.15, 0.2) is 0 Å². The summed E-state index contributed by atoms with van der Waals surface area (Å²) in [5.41, 5.74) is -1.85. The monoisotopic (exact) mass is 296 g/mol. The molecule has 1 nitrogen and oxygen atoms in total. The number of rotatable bonds is 3. The van der Waals surface area contributed by atoms with Crippen LogP contribution in [0.5, 0.6) is 5.75 Å². The van der Waals surface area contributed by atoms with Crippen LogP contribution in [0.2, 0.25) is 0 Å². The number of hydrogen-bond acceptors (Lipinski definition) is 1. The molecule has 0 N–H and O–H groups in total. The molecular weight excluding hydrogens is 285 g/mol. The third kappa shape index (κ3) is 3.40. The van der Waals surface area contributed by atoms with Crippen LogP contribution in [0.25, 0.3) is 0 Å². The molecule has 0 unspecified atom stereocenters. The molecule has 0 atom stereocenters. The molecule has 90 valence electrons. The van der Waals surface area contributed by atoms with Crippen molar-refractivity contribution in [2.45, 2.75) is 20.0 Å². The van der Waals surface area contributed by atoms with Gasteiger partial charge in [-0.1, -0.05) is 15.9 Å². The Morgan fingerprint density at radius 1 is 1.12 bits per heavy atom. The summed E-state index contributed by atoms with van der Waals surface area (Å²) in [6.45, 7) is 1.84. The summed E-state index contributed by atoms with van der Waals surface area (Å²) >= 11 is 3.23. The van der Waals surface area contributed by atoms with Crippen LogP contribution >= 0.6 is 15.9 Å². The minimum absolute atomic E-state index is 0.391. The van der Waals surface area contributed by atoms with Crippen LogP contribution in [0.1, 0.15) is 13.8 Å². The maximum absolute atomic E-state index is 12.5. The maximum Gasteiger partial charge on any atom is 0.397 e. The summed E-state index contributed by atoms with van der Waals surface area (Å²) in [6.07, 6.45) is -4.26. The van der Waals surface area contributed by atoms with Crippen molar-refractivity contribution in [3.63, 3.8) is 0 Å². The largest absolute Gasteiger partial charge is 0.493 e. The summed E-state index contributed by atoms with van der Waals surface area (Å²) in [5.74, 6) is 0.431. The van der Waals surface area contributed by atoms with E-state index in [0.717, 1.165) is 18.3 Å². The highest BCUT2D eigenvalue weighted by atomic mass is 79.9. The molecule has 1 aromatic carbocycles. The standard InChI is InChI=1S/C11H12BrF3O/c1-10(2,11(13,14)15)7-16-9-5-3-8(12)4-6-9/h3-6H,7H2,1-2H3. The fourth-order valence-electron chi connectivity index (χ4n) is 0.876. The van der Waals surface area contributed by atoms with E-state index >= 15 is 0 Å². The molecule has 0 aliphatic carbocycles. The first-order valence-corrected chi connectivity index (χ1v) is 5.47. The van der Waals surface area contributed by atoms with Crippen LogP contribution in [0, 0.1) is 5.41 Å². The molecule has 0 heterocycles. The van der Waals surface area contributed by atoms with Gasteiger partial charge in [0.1, 0.15) is 12.4 Å². The van der Waals surface area contributed by atoms with Gasteiger partial charge in [-0.3, -0.25) is 0 Å². The fraction of sp³-hybridized carbons (Fsp3) is 0.455. The Morgan fingerprint density at radius 2 is 1.62 bits per heavy atom. The summed E-state index contributed by atoms with van der Waals surface area (Å²) in [6, 6.07) is 6.68. The molecule has 0 aliphatic rings. The van der Waals surface area contributed by atoms with E-state index in [1.165, 1.54) is 0 Å². The number of benzene rings is 1. The van der Waals surface area contributed by atoms with Gasteiger partial charge in [-0.05, 0) is 38.1 Å². The molecular formula is C11H12BrF3O. The quantitative estimate of drug-likeness (QED) is 0.802. The zero-order valence-electron chi connectivity index (χ0n) is 8.94. The SMILES string of the molecule is CC(C)(COc1ccc(Br)cc1)C(F)(F)F. The summed E-state index contributed by atoms with van der Waals surface area (Å²) in [5, 5.41) is 0. The number of halogens is 4. The van der Waals surface area contributed by atoms with E-state index in [-0.39, 0.29) is 0 Å². The Morgan fingerprint density at radius 3 is 2.06 bits per heavy atom. The number of alkyl halides is 3. The first-order chi connectivity index (χ1) is 7.22. The second-order valence-corrected chi connectivity index (χ2v) is 5.04. The smallest absolute Gasteiger partial charge is 0.397 e. The minimum atomic E-state index is -4.26. The lowest BCUT2D eigenvalue weighted by atomic mass is 9.94. The van der Waals surface area contributed by atoms with Crippen molar-refractivity contribution in [2.24, 2.45) is 5.41 Å². The lowest BCUT2D eigenvalue weighted by molar-refractivity contribution is -0.219. The Labute approximate surface area is 101 Å². The predicted molar refractivity (Wildman–Crippen MR) is 59.5 cm³/mol. The fourth-order valence-corrected chi connectivity index (χ4v) is 1.14. The summed E-state index contributed by atoms with van der Waals surface area (Å²) in [4.78, 5) is 0. The predicted octanol–water partition coefficient (Wildman–Crippen LogP) is 4.42. The minimum Gasteiger partial charge on any atom is -0.493 e. The Kier molecular flexibility index (Phi) is 3.88. The lowest BCUT2D eigenvalue weighted by Crippen LogP contribution is -2.37. The second kappa shape index (κ2) is 4.65. The van der Waals surface area contributed by atoms with E-state index in [1.807, 2.05) is 0 Å². The van der Waals surface area contributed by atoms with E-state index in [0.29, 0.717) is 5.75 Å². The van der Waals surface area contributed by atoms with Gasteiger partial charge in [0.2, 0.25) is 0 Å². The van der Waals surface area contributed by atoms with Gasteiger partial charge in [-0.25, -0.2) is 0 Å². The van der Waals surface area contributed by atoms with Crippen molar-refractivity contribution < 1.29 is 17.9 Å². The Balaban J connectivity index is 2.61. The third-order valence-electron chi connectivity index (χ3n) is 2.18.